The molecule has 5 nitrogen and oxygen atoms in total. The van der Waals surface area contributed by atoms with Crippen LogP contribution in [0.4, 0.5) is 0 Å². The van der Waals surface area contributed by atoms with Crippen molar-refractivity contribution in [3.63, 3.8) is 0 Å². The molecule has 138 valence electrons. The second kappa shape index (κ2) is 9.49. The summed E-state index contributed by atoms with van der Waals surface area (Å²) >= 11 is 5.38. The van der Waals surface area contributed by atoms with Crippen LogP contribution >= 0.6 is 12.2 Å². The van der Waals surface area contributed by atoms with Gasteiger partial charge in [0.15, 0.2) is 11.3 Å². The average molecular weight is 476 g/mol. The maximum atomic E-state index is 12.3. The molecule has 0 amide bonds. The van der Waals surface area contributed by atoms with Gasteiger partial charge in [0.05, 0.1) is 45.9 Å². The molecule has 0 saturated heterocycles. The maximum Gasteiger partial charge on any atom is 0.346 e. The van der Waals surface area contributed by atoms with Gasteiger partial charge in [0.1, 0.15) is 4.99 Å². The van der Waals surface area contributed by atoms with Crippen molar-refractivity contribution in [3.8, 4) is 5.75 Å². The predicted molar refractivity (Wildman–Crippen MR) is 101 cm³/mol. The zero-order valence-electron chi connectivity index (χ0n) is 15.1. The van der Waals surface area contributed by atoms with Crippen molar-refractivity contribution in [1.82, 2.24) is 5.32 Å². The maximum absolute atomic E-state index is 12.3. The zero-order valence-corrected chi connectivity index (χ0v) is 18.1. The van der Waals surface area contributed by atoms with Gasteiger partial charge in [-0.15, -0.1) is 0 Å². The molecule has 0 saturated carbocycles. The van der Waals surface area contributed by atoms with Crippen LogP contribution in [-0.2, 0) is 0 Å². The van der Waals surface area contributed by atoms with Gasteiger partial charge < -0.3 is 42.9 Å². The van der Waals surface area contributed by atoms with E-state index >= 15 is 0 Å². The molecule has 0 fully saturated rings. The minimum absolute atomic E-state index is 0. The number of quaternary nitrogens is 1. The average Bonchev–Trinajstić information content (AvgIpc) is 2.60. The van der Waals surface area contributed by atoms with Crippen LogP contribution in [0.25, 0.3) is 11.0 Å². The number of likely N-dealkylation sites (N-methyl/N-ethyl adjacent to an activating group) is 1. The molecule has 0 aliphatic heterocycles. The lowest BCUT2D eigenvalue weighted by molar-refractivity contribution is -0.904. The second-order valence-electron chi connectivity index (χ2n) is 6.06. The summed E-state index contributed by atoms with van der Waals surface area (Å²) < 4.78 is 11.6. The fourth-order valence-corrected chi connectivity index (χ4v) is 2.76. The Labute approximate surface area is 170 Å². The number of nitrogens with one attached hydrogen (secondary N) is 1. The van der Waals surface area contributed by atoms with Crippen LogP contribution in [0.3, 0.4) is 0 Å². The Morgan fingerprint density at radius 1 is 1.32 bits per heavy atom. The Hall–Kier alpha value is -1.19. The van der Waals surface area contributed by atoms with Crippen molar-refractivity contribution < 1.29 is 37.6 Å². The molecule has 2 rings (SSSR count). The van der Waals surface area contributed by atoms with E-state index in [0.29, 0.717) is 28.4 Å². The number of ether oxygens (including phenoxy) is 1. The molecule has 7 heteroatoms. The zero-order chi connectivity index (χ0) is 17.7. The van der Waals surface area contributed by atoms with Crippen molar-refractivity contribution in [2.24, 2.45) is 0 Å². The largest absolute Gasteiger partial charge is 1.00 e. The highest BCUT2D eigenvalue weighted by Crippen LogP contribution is 2.24. The number of nitrogens with zero attached hydrogens (tertiary/aromatic N) is 1. The van der Waals surface area contributed by atoms with Gasteiger partial charge in [0.2, 0.25) is 0 Å². The van der Waals surface area contributed by atoms with Gasteiger partial charge in [-0.3, -0.25) is 0 Å². The highest BCUT2D eigenvalue weighted by molar-refractivity contribution is 7.80. The Morgan fingerprint density at radius 2 is 2.00 bits per heavy atom. The minimum atomic E-state index is -0.451. The van der Waals surface area contributed by atoms with Gasteiger partial charge in [-0.1, -0.05) is 24.4 Å². The number of thiocarbonyl (C=S) groups is 1. The summed E-state index contributed by atoms with van der Waals surface area (Å²) in [5.74, 6) is 0.536. The fraction of sp³-hybridized carbons (Fsp3) is 0.444. The summed E-state index contributed by atoms with van der Waals surface area (Å²) in [6.45, 7) is 8.12. The molecular formula is C18H25IN2O3S. The third-order valence-corrected chi connectivity index (χ3v) is 5.02. The van der Waals surface area contributed by atoms with E-state index < -0.39 is 5.63 Å². The topological polar surface area (TPSA) is 51.5 Å². The molecule has 0 spiro atoms. The molecular weight excluding hydrogens is 451 g/mol. The molecule has 0 bridgehead atoms. The summed E-state index contributed by atoms with van der Waals surface area (Å²) in [6, 6.07) is 7.24. The first-order valence-electron chi connectivity index (χ1n) is 8.16. The van der Waals surface area contributed by atoms with Gasteiger partial charge in [-0.2, -0.15) is 0 Å². The van der Waals surface area contributed by atoms with E-state index in [0.717, 1.165) is 29.5 Å². The highest BCUT2D eigenvalue weighted by Gasteiger charge is 2.17. The third kappa shape index (κ3) is 5.15. The Morgan fingerprint density at radius 3 is 2.60 bits per heavy atom. The number of fused-ring (bicyclic) bond motifs is 1. The van der Waals surface area contributed by atoms with E-state index in [1.54, 1.807) is 19.2 Å². The highest BCUT2D eigenvalue weighted by atomic mass is 127. The normalized spacial score (nSPS) is 11.0. The number of methoxy groups -OCH3 is 1. The van der Waals surface area contributed by atoms with Gasteiger partial charge in [-0.05, 0) is 26.0 Å². The minimum Gasteiger partial charge on any atom is -1.00 e. The standard InChI is InChI=1S/C18H24N2O3S.HI/c1-5-20(3,6-2)11-10-19-17(24)14-12-13-8-7-9-15(22-4)16(13)23-18(14)21;/h7-9,12H,5-6,10-11H2,1-4H3;1H. The molecule has 1 heterocycles. The van der Waals surface area contributed by atoms with Crippen LogP contribution in [0, 0.1) is 0 Å². The lowest BCUT2D eigenvalue weighted by Gasteiger charge is -2.32. The molecule has 0 radical (unpaired) electrons. The van der Waals surface area contributed by atoms with E-state index in [-0.39, 0.29) is 24.0 Å². The second-order valence-corrected chi connectivity index (χ2v) is 6.47. The van der Waals surface area contributed by atoms with E-state index in [1.165, 1.54) is 0 Å². The summed E-state index contributed by atoms with van der Waals surface area (Å²) in [5.41, 5.74) is 0.374. The lowest BCUT2D eigenvalue weighted by atomic mass is 10.1. The van der Waals surface area contributed by atoms with Crippen molar-refractivity contribution in [2.45, 2.75) is 13.8 Å². The Balaban J connectivity index is 0.00000312. The molecule has 0 aliphatic carbocycles. The molecule has 0 atom stereocenters. The lowest BCUT2D eigenvalue weighted by Crippen LogP contribution is -3.00. The van der Waals surface area contributed by atoms with Crippen molar-refractivity contribution in [3.05, 3.63) is 40.2 Å². The van der Waals surface area contributed by atoms with Crippen LogP contribution in [0.1, 0.15) is 19.4 Å². The number of para-hydroxylation sites is 1. The smallest absolute Gasteiger partial charge is 0.346 e. The number of hydrogen-bond donors (Lipinski definition) is 1. The van der Waals surface area contributed by atoms with Crippen molar-refractivity contribution in [1.29, 1.82) is 0 Å². The van der Waals surface area contributed by atoms with Crippen molar-refractivity contribution in [2.75, 3.05) is 40.3 Å². The first-order chi connectivity index (χ1) is 11.4. The van der Waals surface area contributed by atoms with Crippen LogP contribution in [0.15, 0.2) is 33.5 Å². The first kappa shape index (κ1) is 21.9. The molecule has 1 aromatic carbocycles. The van der Waals surface area contributed by atoms with Crippen LogP contribution in [0.5, 0.6) is 5.75 Å². The van der Waals surface area contributed by atoms with Gasteiger partial charge >= 0.3 is 5.63 Å². The number of hydrogen-bond acceptors (Lipinski definition) is 4. The molecule has 1 aromatic heterocycles. The quantitative estimate of drug-likeness (QED) is 0.254. The van der Waals surface area contributed by atoms with Crippen molar-refractivity contribution >= 4 is 28.2 Å². The Bertz CT molecular complexity index is 787. The fourth-order valence-electron chi connectivity index (χ4n) is 2.51. The Kier molecular flexibility index (Phi) is 8.30. The predicted octanol–water partition coefficient (Wildman–Crippen LogP) is -0.443. The number of halogens is 1. The SMILES string of the molecule is CC[N+](C)(CC)CCNC(=S)c1cc2cccc(OC)c2oc1=O.[I-]. The van der Waals surface area contributed by atoms with E-state index in [4.69, 9.17) is 21.4 Å². The van der Waals surface area contributed by atoms with E-state index in [9.17, 15) is 4.79 Å². The van der Waals surface area contributed by atoms with Crippen LogP contribution in [0.2, 0.25) is 0 Å². The molecule has 2 aromatic rings. The summed E-state index contributed by atoms with van der Waals surface area (Å²) in [4.78, 5) is 12.7. The summed E-state index contributed by atoms with van der Waals surface area (Å²) in [5, 5.41) is 3.97. The van der Waals surface area contributed by atoms with E-state index in [1.807, 2.05) is 12.1 Å². The summed E-state index contributed by atoms with van der Waals surface area (Å²) in [7, 11) is 3.76. The monoisotopic (exact) mass is 476 g/mol. The van der Waals surface area contributed by atoms with Gasteiger partial charge in [0.25, 0.3) is 0 Å². The van der Waals surface area contributed by atoms with Crippen LogP contribution in [-0.4, -0.2) is 49.8 Å². The molecule has 0 aliphatic rings. The van der Waals surface area contributed by atoms with Crippen LogP contribution < -0.4 is 39.7 Å². The van der Waals surface area contributed by atoms with Gasteiger partial charge in [-0.25, -0.2) is 4.79 Å². The number of benzene rings is 1. The molecule has 0 unspecified atom stereocenters. The molecule has 1 N–H and O–H groups in total. The first-order valence-corrected chi connectivity index (χ1v) is 8.57. The van der Waals surface area contributed by atoms with E-state index in [2.05, 4.69) is 26.2 Å². The number of rotatable bonds is 7. The molecule has 25 heavy (non-hydrogen) atoms. The van der Waals surface area contributed by atoms with Gasteiger partial charge in [0, 0.05) is 5.39 Å². The third-order valence-electron chi connectivity index (χ3n) is 4.65. The summed E-state index contributed by atoms with van der Waals surface area (Å²) in [6.07, 6.45) is 0.